The zero-order valence-electron chi connectivity index (χ0n) is 13.6. The molecular formula is C18H20N2O4. The minimum atomic E-state index is -0.778. The molecule has 1 amide bonds. The predicted octanol–water partition coefficient (Wildman–Crippen LogP) is 2.98. The lowest BCUT2D eigenvalue weighted by atomic mass is 9.93. The maximum Gasteiger partial charge on any atom is 0.303 e. The number of aryl methyl sites for hydroxylation is 1. The number of nitrogens with zero attached hydrogens (tertiary/aromatic N) is 2. The van der Waals surface area contributed by atoms with Crippen LogP contribution < -0.4 is 0 Å². The first-order valence-corrected chi connectivity index (χ1v) is 8.08. The maximum absolute atomic E-state index is 12.7. The van der Waals surface area contributed by atoms with E-state index in [4.69, 9.17) is 9.52 Å². The van der Waals surface area contributed by atoms with Crippen molar-refractivity contribution in [2.45, 2.75) is 26.2 Å². The standard InChI is InChI=1S/C18H20N2O4/c1-12-16(19-17(24-12)14-5-3-2-4-6-14)18(23)20-9-7-13(8-10-20)11-15(21)22/h2-6,13H,7-11H2,1H3,(H,21,22). The first kappa shape index (κ1) is 16.2. The largest absolute Gasteiger partial charge is 0.481 e. The molecule has 0 spiro atoms. The molecule has 2 aromatic rings. The normalized spacial score (nSPS) is 15.5. The fourth-order valence-electron chi connectivity index (χ4n) is 3.04. The van der Waals surface area contributed by atoms with Crippen molar-refractivity contribution in [2.24, 2.45) is 5.92 Å². The van der Waals surface area contributed by atoms with Crippen LogP contribution in [-0.2, 0) is 4.79 Å². The Bertz CT molecular complexity index is 731. The van der Waals surface area contributed by atoms with E-state index in [1.54, 1.807) is 11.8 Å². The van der Waals surface area contributed by atoms with Gasteiger partial charge in [0.2, 0.25) is 5.89 Å². The van der Waals surface area contributed by atoms with Crippen molar-refractivity contribution >= 4 is 11.9 Å². The summed E-state index contributed by atoms with van der Waals surface area (Å²) < 4.78 is 5.65. The Morgan fingerprint density at radius 2 is 1.92 bits per heavy atom. The van der Waals surface area contributed by atoms with Crippen LogP contribution in [0.4, 0.5) is 0 Å². The number of aromatic nitrogens is 1. The monoisotopic (exact) mass is 328 g/mol. The number of hydrogen-bond donors (Lipinski definition) is 1. The van der Waals surface area contributed by atoms with Crippen LogP contribution in [0.2, 0.25) is 0 Å². The van der Waals surface area contributed by atoms with E-state index in [1.165, 1.54) is 0 Å². The highest BCUT2D eigenvalue weighted by molar-refractivity contribution is 5.93. The van der Waals surface area contributed by atoms with Crippen LogP contribution in [0.15, 0.2) is 34.7 Å². The number of likely N-dealkylation sites (tertiary alicyclic amines) is 1. The third-order valence-electron chi connectivity index (χ3n) is 4.38. The summed E-state index contributed by atoms with van der Waals surface area (Å²) in [4.78, 5) is 29.6. The third-order valence-corrected chi connectivity index (χ3v) is 4.38. The molecule has 0 aliphatic carbocycles. The number of piperidine rings is 1. The van der Waals surface area contributed by atoms with E-state index in [0.29, 0.717) is 43.3 Å². The Balaban J connectivity index is 1.70. The van der Waals surface area contributed by atoms with Crippen LogP contribution in [0, 0.1) is 12.8 Å². The molecule has 3 rings (SSSR count). The number of carbonyl (C=O) groups excluding carboxylic acids is 1. The fraction of sp³-hybridized carbons (Fsp3) is 0.389. The average molecular weight is 328 g/mol. The van der Waals surface area contributed by atoms with Gasteiger partial charge in [-0.25, -0.2) is 4.98 Å². The van der Waals surface area contributed by atoms with Gasteiger partial charge in [-0.05, 0) is 37.8 Å². The maximum atomic E-state index is 12.7. The minimum Gasteiger partial charge on any atom is -0.481 e. The Hall–Kier alpha value is -2.63. The molecular weight excluding hydrogens is 308 g/mol. The molecule has 6 nitrogen and oxygen atoms in total. The highest BCUT2D eigenvalue weighted by atomic mass is 16.4. The summed E-state index contributed by atoms with van der Waals surface area (Å²) >= 11 is 0. The average Bonchev–Trinajstić information content (AvgIpc) is 2.97. The fourth-order valence-corrected chi connectivity index (χ4v) is 3.04. The summed E-state index contributed by atoms with van der Waals surface area (Å²) in [6.45, 7) is 2.86. The Labute approximate surface area is 140 Å². The van der Waals surface area contributed by atoms with Crippen molar-refractivity contribution < 1.29 is 19.1 Å². The summed E-state index contributed by atoms with van der Waals surface area (Å²) in [6.07, 6.45) is 1.59. The second-order valence-corrected chi connectivity index (χ2v) is 6.12. The minimum absolute atomic E-state index is 0.143. The van der Waals surface area contributed by atoms with Gasteiger partial charge in [0.05, 0.1) is 0 Å². The van der Waals surface area contributed by atoms with E-state index >= 15 is 0 Å². The van der Waals surface area contributed by atoms with E-state index in [2.05, 4.69) is 4.98 Å². The molecule has 24 heavy (non-hydrogen) atoms. The zero-order chi connectivity index (χ0) is 17.1. The van der Waals surface area contributed by atoms with Crippen LogP contribution in [-0.4, -0.2) is 40.0 Å². The van der Waals surface area contributed by atoms with Gasteiger partial charge in [-0.15, -0.1) is 0 Å². The number of carboxylic acid groups (broad SMARTS) is 1. The summed E-state index contributed by atoms with van der Waals surface area (Å²) in [5.74, 6) is 0.167. The van der Waals surface area contributed by atoms with Crippen LogP contribution in [0.5, 0.6) is 0 Å². The number of amides is 1. The molecule has 0 atom stereocenters. The molecule has 126 valence electrons. The quantitative estimate of drug-likeness (QED) is 0.933. The Morgan fingerprint density at radius 3 is 2.54 bits per heavy atom. The van der Waals surface area contributed by atoms with E-state index in [1.807, 2.05) is 30.3 Å². The van der Waals surface area contributed by atoms with Crippen molar-refractivity contribution in [2.75, 3.05) is 13.1 Å². The van der Waals surface area contributed by atoms with Gasteiger partial charge >= 0.3 is 5.97 Å². The first-order chi connectivity index (χ1) is 11.5. The molecule has 1 aromatic carbocycles. The van der Waals surface area contributed by atoms with Gasteiger partial charge in [0, 0.05) is 25.1 Å². The highest BCUT2D eigenvalue weighted by Crippen LogP contribution is 2.25. The van der Waals surface area contributed by atoms with E-state index in [-0.39, 0.29) is 18.2 Å². The van der Waals surface area contributed by atoms with Crippen LogP contribution >= 0.6 is 0 Å². The lowest BCUT2D eigenvalue weighted by Gasteiger charge is -2.30. The lowest BCUT2D eigenvalue weighted by molar-refractivity contribution is -0.138. The zero-order valence-corrected chi connectivity index (χ0v) is 13.6. The summed E-state index contributed by atoms with van der Waals surface area (Å²) in [5.41, 5.74) is 1.17. The lowest BCUT2D eigenvalue weighted by Crippen LogP contribution is -2.39. The SMILES string of the molecule is Cc1oc(-c2ccccc2)nc1C(=O)N1CCC(CC(=O)O)CC1. The number of hydrogen-bond acceptors (Lipinski definition) is 4. The molecule has 0 saturated carbocycles. The van der Waals surface area contributed by atoms with Crippen molar-refractivity contribution in [3.63, 3.8) is 0 Å². The molecule has 6 heteroatoms. The predicted molar refractivity (Wildman–Crippen MR) is 87.6 cm³/mol. The Kier molecular flexibility index (Phi) is 4.64. The van der Waals surface area contributed by atoms with Crippen molar-refractivity contribution in [3.8, 4) is 11.5 Å². The van der Waals surface area contributed by atoms with Gasteiger partial charge in [-0.2, -0.15) is 0 Å². The molecule has 2 heterocycles. The summed E-state index contributed by atoms with van der Waals surface area (Å²) in [7, 11) is 0. The molecule has 1 saturated heterocycles. The van der Waals surface area contributed by atoms with E-state index in [0.717, 1.165) is 5.56 Å². The first-order valence-electron chi connectivity index (χ1n) is 8.08. The van der Waals surface area contributed by atoms with Crippen molar-refractivity contribution in [3.05, 3.63) is 41.8 Å². The number of carbonyl (C=O) groups is 2. The van der Waals surface area contributed by atoms with Crippen LogP contribution in [0.3, 0.4) is 0 Å². The highest BCUT2D eigenvalue weighted by Gasteiger charge is 2.28. The van der Waals surface area contributed by atoms with E-state index in [9.17, 15) is 9.59 Å². The van der Waals surface area contributed by atoms with Crippen molar-refractivity contribution in [1.29, 1.82) is 0 Å². The number of carboxylic acids is 1. The van der Waals surface area contributed by atoms with Gasteiger partial charge < -0.3 is 14.4 Å². The molecule has 1 N–H and O–H groups in total. The van der Waals surface area contributed by atoms with E-state index < -0.39 is 5.97 Å². The smallest absolute Gasteiger partial charge is 0.303 e. The van der Waals surface area contributed by atoms with Crippen LogP contribution in [0.1, 0.15) is 35.5 Å². The molecule has 1 aliphatic rings. The topological polar surface area (TPSA) is 83.6 Å². The number of oxazole rings is 1. The van der Waals surface area contributed by atoms with Crippen molar-refractivity contribution in [1.82, 2.24) is 9.88 Å². The molecule has 0 unspecified atom stereocenters. The van der Waals surface area contributed by atoms with Crippen LogP contribution in [0.25, 0.3) is 11.5 Å². The molecule has 1 fully saturated rings. The van der Waals surface area contributed by atoms with Gasteiger partial charge in [0.25, 0.3) is 5.91 Å². The second-order valence-electron chi connectivity index (χ2n) is 6.12. The van der Waals surface area contributed by atoms with Gasteiger partial charge in [-0.3, -0.25) is 9.59 Å². The molecule has 0 bridgehead atoms. The van der Waals surface area contributed by atoms with Gasteiger partial charge in [0.1, 0.15) is 5.76 Å². The second kappa shape index (κ2) is 6.86. The number of rotatable bonds is 4. The number of aliphatic carboxylic acids is 1. The molecule has 1 aliphatic heterocycles. The number of benzene rings is 1. The molecule has 1 aromatic heterocycles. The molecule has 0 radical (unpaired) electrons. The van der Waals surface area contributed by atoms with Gasteiger partial charge in [0.15, 0.2) is 5.69 Å². The summed E-state index contributed by atoms with van der Waals surface area (Å²) in [6, 6.07) is 9.47. The third kappa shape index (κ3) is 3.48. The van der Waals surface area contributed by atoms with Gasteiger partial charge in [-0.1, -0.05) is 18.2 Å². The Morgan fingerprint density at radius 1 is 1.25 bits per heavy atom. The summed E-state index contributed by atoms with van der Waals surface area (Å²) in [5, 5.41) is 8.86.